The van der Waals surface area contributed by atoms with Crippen molar-refractivity contribution in [3.8, 4) is 17.2 Å². The number of hydrogen-bond acceptors (Lipinski definition) is 5. The first kappa shape index (κ1) is 57.1. The van der Waals surface area contributed by atoms with Gasteiger partial charge in [-0.1, -0.05) is 40.5 Å². The van der Waals surface area contributed by atoms with Gasteiger partial charge in [-0.15, -0.1) is 0 Å². The Balaban J connectivity index is 2.69. The topological polar surface area (TPSA) is 46.2 Å². The van der Waals surface area contributed by atoms with Crippen LogP contribution in [0.15, 0.2) is 48.5 Å². The minimum atomic E-state index is -5.80. The predicted molar refractivity (Wildman–Crippen MR) is 206 cm³/mol. The maximum atomic E-state index is 15.6. The van der Waals surface area contributed by atoms with E-state index in [1.807, 2.05) is 0 Å². The molecule has 378 valence electrons. The predicted octanol–water partition coefficient (Wildman–Crippen LogP) is 15.1. The number of rotatable bonds is 21. The van der Waals surface area contributed by atoms with Crippen LogP contribution >= 0.6 is 0 Å². The van der Waals surface area contributed by atoms with Gasteiger partial charge in [0.2, 0.25) is 5.72 Å². The number of hydrogen-bond donors (Lipinski definition) is 0. The monoisotopic (exact) mass is 998 g/mol. The van der Waals surface area contributed by atoms with Crippen LogP contribution in [0.25, 0.3) is 0 Å². The minimum absolute atomic E-state index is 0.0106. The zero-order valence-corrected chi connectivity index (χ0v) is 36.6. The van der Waals surface area contributed by atoms with Crippen LogP contribution in [0.3, 0.4) is 0 Å². The van der Waals surface area contributed by atoms with Gasteiger partial charge in [-0.2, -0.15) is 79.0 Å². The normalized spacial score (nSPS) is 14.7. The van der Waals surface area contributed by atoms with Crippen molar-refractivity contribution in [2.24, 2.45) is 0 Å². The Kier molecular flexibility index (Phi) is 18.4. The van der Waals surface area contributed by atoms with Crippen molar-refractivity contribution in [2.45, 2.75) is 129 Å². The van der Waals surface area contributed by atoms with Crippen LogP contribution < -0.4 is 14.0 Å². The summed E-state index contributed by atoms with van der Waals surface area (Å²) in [5, 5.41) is 0. The maximum absolute atomic E-state index is 15.6. The van der Waals surface area contributed by atoms with E-state index in [1.165, 1.54) is 13.8 Å². The Labute approximate surface area is 374 Å². The van der Waals surface area contributed by atoms with Crippen molar-refractivity contribution in [3.05, 3.63) is 87.5 Å². The van der Waals surface area contributed by atoms with Crippen LogP contribution in [0.5, 0.6) is 17.2 Å². The standard InChI is InChI=1S/C42H47BF18NO5/c1-7-11-13-62(14-12-8-2,25(5)63-15-9-3)36(6,64-16-10-4)35-33(42(59,60)61)23-30(41(56,57)58)24-34(35)67-43(65-31-19-26(37(44,45)46)17-27(20-31)38(47,48)49)66-32-21-28(39(50,51)52)18-29(22-32)40(53,54)55/h17-25H,7-16H2,1-6H3/q+1. The van der Waals surface area contributed by atoms with E-state index < -0.39 is 136 Å². The van der Waals surface area contributed by atoms with Crippen molar-refractivity contribution >= 4 is 7.32 Å². The Morgan fingerprint density at radius 1 is 0.478 bits per heavy atom. The van der Waals surface area contributed by atoms with Crippen LogP contribution in [-0.2, 0) is 52.3 Å². The highest BCUT2D eigenvalue weighted by Crippen LogP contribution is 2.52. The summed E-state index contributed by atoms with van der Waals surface area (Å²) in [4.78, 5) is 0. The average molecular weight is 999 g/mol. The highest BCUT2D eigenvalue weighted by molar-refractivity contribution is 6.39. The summed E-state index contributed by atoms with van der Waals surface area (Å²) in [5.41, 5.74) is -16.6. The Morgan fingerprint density at radius 3 is 1.18 bits per heavy atom. The number of alkyl halides is 18. The van der Waals surface area contributed by atoms with Gasteiger partial charge in [-0.25, -0.2) is 0 Å². The van der Waals surface area contributed by atoms with E-state index in [2.05, 4.69) is 0 Å². The van der Waals surface area contributed by atoms with Crippen molar-refractivity contribution in [1.29, 1.82) is 0 Å². The lowest BCUT2D eigenvalue weighted by Crippen LogP contribution is -2.68. The van der Waals surface area contributed by atoms with Gasteiger partial charge >= 0.3 is 44.4 Å². The molecule has 0 radical (unpaired) electrons. The maximum Gasteiger partial charge on any atom is 0.864 e. The lowest BCUT2D eigenvalue weighted by molar-refractivity contribution is -1.04. The fourth-order valence-electron chi connectivity index (χ4n) is 7.25. The van der Waals surface area contributed by atoms with Gasteiger partial charge < -0.3 is 23.4 Å². The van der Waals surface area contributed by atoms with E-state index in [4.69, 9.17) is 23.4 Å². The van der Waals surface area contributed by atoms with Crippen molar-refractivity contribution < 1.29 is 107 Å². The van der Waals surface area contributed by atoms with Crippen LogP contribution in [-0.4, -0.2) is 44.3 Å². The van der Waals surface area contributed by atoms with Crippen molar-refractivity contribution in [3.63, 3.8) is 0 Å². The molecule has 0 amide bonds. The third kappa shape index (κ3) is 14.4. The molecule has 0 aliphatic rings. The van der Waals surface area contributed by atoms with E-state index >= 15 is 13.2 Å². The molecule has 0 aliphatic heterocycles. The lowest BCUT2D eigenvalue weighted by atomic mass is 9.89. The first-order valence-electron chi connectivity index (χ1n) is 20.6. The second-order valence-electron chi connectivity index (χ2n) is 15.5. The van der Waals surface area contributed by atoms with Crippen LogP contribution in [0.1, 0.15) is 119 Å². The molecular weight excluding hydrogens is 951 g/mol. The molecule has 0 N–H and O–H groups in total. The van der Waals surface area contributed by atoms with Gasteiger partial charge in [-0.05, 0) is 74.2 Å². The molecule has 0 saturated heterocycles. The molecule has 25 heteroatoms. The highest BCUT2D eigenvalue weighted by atomic mass is 19.4. The number of nitrogens with zero attached hydrogens (tertiary/aromatic N) is 1. The van der Waals surface area contributed by atoms with Crippen LogP contribution in [0.4, 0.5) is 79.0 Å². The Hall–Kier alpha value is -4.26. The zero-order chi connectivity index (χ0) is 51.2. The summed E-state index contributed by atoms with van der Waals surface area (Å²) in [7, 11) is -3.38. The summed E-state index contributed by atoms with van der Waals surface area (Å²) < 4.78 is 286. The van der Waals surface area contributed by atoms with Gasteiger partial charge in [0.05, 0.1) is 65.2 Å². The van der Waals surface area contributed by atoms with Gasteiger partial charge in [0.25, 0.3) is 0 Å². The Bertz CT molecular complexity index is 1930. The SMILES string of the molecule is CCCC[N+](CCCC)(C(C)OCCC)C(C)(OCCC)c1c(OB(Oc2cc(C(F)(F)F)cc(C(F)(F)F)c2)Oc2cc(C(F)(F)F)cc(C(F)(F)F)c2)cc(C(F)(F)F)cc1C(F)(F)F. The molecule has 0 aliphatic carbocycles. The number of unbranched alkanes of at least 4 members (excludes halogenated alkanes) is 2. The molecular formula is C42H47BF18NO5+. The summed E-state index contributed by atoms with van der Waals surface area (Å²) in [6.45, 7) is 8.46. The molecule has 3 aromatic rings. The van der Waals surface area contributed by atoms with E-state index in [-0.39, 0.29) is 75.4 Å². The first-order chi connectivity index (χ1) is 30.6. The molecule has 0 spiro atoms. The van der Waals surface area contributed by atoms with Gasteiger partial charge in [0, 0.05) is 13.8 Å². The quantitative estimate of drug-likeness (QED) is 0.0461. The molecule has 3 aromatic carbocycles. The largest absolute Gasteiger partial charge is 0.864 e. The Morgan fingerprint density at radius 2 is 0.851 bits per heavy atom. The lowest BCUT2D eigenvalue weighted by Gasteiger charge is -2.54. The summed E-state index contributed by atoms with van der Waals surface area (Å²) in [5.74, 6) is -4.86. The van der Waals surface area contributed by atoms with Crippen molar-refractivity contribution in [2.75, 3.05) is 26.3 Å². The molecule has 0 fully saturated rings. The molecule has 2 atom stereocenters. The molecule has 0 saturated carbocycles. The first-order valence-corrected chi connectivity index (χ1v) is 20.6. The summed E-state index contributed by atoms with van der Waals surface area (Å²) in [6, 6.07) is -1.93. The summed E-state index contributed by atoms with van der Waals surface area (Å²) in [6.07, 6.45) is -33.6. The van der Waals surface area contributed by atoms with Crippen LogP contribution in [0.2, 0.25) is 0 Å². The van der Waals surface area contributed by atoms with E-state index in [0.29, 0.717) is 19.3 Å². The second kappa shape index (κ2) is 21.6. The molecule has 0 heterocycles. The second-order valence-corrected chi connectivity index (χ2v) is 15.5. The molecule has 0 aromatic heterocycles. The zero-order valence-electron chi connectivity index (χ0n) is 36.6. The highest BCUT2D eigenvalue weighted by Gasteiger charge is 2.59. The number of ether oxygens (including phenoxy) is 2. The molecule has 2 unspecified atom stereocenters. The van der Waals surface area contributed by atoms with Gasteiger partial charge in [0.15, 0.2) is 6.23 Å². The molecule has 6 nitrogen and oxygen atoms in total. The van der Waals surface area contributed by atoms with Gasteiger partial charge in [0.1, 0.15) is 17.2 Å². The van der Waals surface area contributed by atoms with Crippen molar-refractivity contribution in [1.82, 2.24) is 0 Å². The molecule has 0 bridgehead atoms. The molecule has 67 heavy (non-hydrogen) atoms. The van der Waals surface area contributed by atoms with E-state index in [1.54, 1.807) is 20.8 Å². The number of quaternary nitrogens is 1. The number of halogens is 18. The summed E-state index contributed by atoms with van der Waals surface area (Å²) >= 11 is 0. The third-order valence-electron chi connectivity index (χ3n) is 10.5. The fourth-order valence-corrected chi connectivity index (χ4v) is 7.25. The minimum Gasteiger partial charge on any atom is -0.490 e. The third-order valence-corrected chi connectivity index (χ3v) is 10.5. The molecule has 3 rings (SSSR count). The smallest absolute Gasteiger partial charge is 0.490 e. The average Bonchev–Trinajstić information content (AvgIpc) is 3.19. The van der Waals surface area contributed by atoms with Gasteiger partial charge in [-0.3, -0.25) is 4.48 Å². The van der Waals surface area contributed by atoms with E-state index in [9.17, 15) is 65.9 Å². The number of benzene rings is 3. The van der Waals surface area contributed by atoms with Crippen LogP contribution in [0, 0.1) is 0 Å². The van der Waals surface area contributed by atoms with E-state index in [0.717, 1.165) is 6.92 Å². The fraction of sp³-hybridized carbons (Fsp3) is 0.571.